The number of aliphatic hydroxyl groups excluding tert-OH is 1. The second-order valence-corrected chi connectivity index (χ2v) is 4.50. The zero-order valence-electron chi connectivity index (χ0n) is 7.51. The zero-order valence-corrected chi connectivity index (χ0v) is 7.51. The van der Waals surface area contributed by atoms with Crippen molar-refractivity contribution in [2.75, 3.05) is 0 Å². The van der Waals surface area contributed by atoms with Gasteiger partial charge in [-0.3, -0.25) is 5.32 Å². The van der Waals surface area contributed by atoms with Gasteiger partial charge in [0.25, 0.3) is 0 Å². The van der Waals surface area contributed by atoms with Crippen molar-refractivity contribution in [2.24, 2.45) is 0 Å². The van der Waals surface area contributed by atoms with Gasteiger partial charge >= 0.3 is 0 Å². The number of hydrogen-bond acceptors (Lipinski definition) is 3. The minimum atomic E-state index is -0.453. The van der Waals surface area contributed by atoms with E-state index in [4.69, 9.17) is 0 Å². The molecule has 1 unspecified atom stereocenters. The number of rotatable bonds is 2. The molecule has 0 aromatic carbocycles. The van der Waals surface area contributed by atoms with Crippen molar-refractivity contribution in [2.45, 2.75) is 56.4 Å². The van der Waals surface area contributed by atoms with Crippen LogP contribution in [0, 0.1) is 0 Å². The molecule has 0 amide bonds. The van der Waals surface area contributed by atoms with E-state index in [2.05, 4.69) is 5.32 Å². The van der Waals surface area contributed by atoms with E-state index >= 15 is 0 Å². The fourth-order valence-electron chi connectivity index (χ4n) is 2.82. The zero-order chi connectivity index (χ0) is 8.82. The highest BCUT2D eigenvalue weighted by Gasteiger charge is 2.53. The van der Waals surface area contributed by atoms with Crippen LogP contribution in [0.25, 0.3) is 0 Å². The summed E-state index contributed by atoms with van der Waals surface area (Å²) in [6.45, 7) is 1.74. The van der Waals surface area contributed by atoms with E-state index in [1.54, 1.807) is 6.92 Å². The van der Waals surface area contributed by atoms with E-state index in [9.17, 15) is 10.2 Å². The van der Waals surface area contributed by atoms with Gasteiger partial charge in [0.05, 0.1) is 5.60 Å². The molecule has 3 heteroatoms. The standard InChI is InChI=1S/C9H17NO2/c1-7(11)10-8-2-4-9(12,6-8)5-3-8/h7,10-12H,2-6H2,1H3. The first kappa shape index (κ1) is 8.48. The highest BCUT2D eigenvalue weighted by Crippen LogP contribution is 2.50. The molecular formula is C9H17NO2. The molecule has 2 saturated carbocycles. The number of fused-ring (bicyclic) bond motifs is 2. The van der Waals surface area contributed by atoms with Gasteiger partial charge in [0.1, 0.15) is 6.23 Å². The average molecular weight is 171 g/mol. The largest absolute Gasteiger partial charge is 0.390 e. The number of nitrogens with one attached hydrogen (secondary N) is 1. The molecule has 2 rings (SSSR count). The van der Waals surface area contributed by atoms with E-state index in [1.165, 1.54) is 0 Å². The maximum atomic E-state index is 9.90. The Morgan fingerprint density at radius 1 is 1.25 bits per heavy atom. The van der Waals surface area contributed by atoms with Gasteiger partial charge in [-0.15, -0.1) is 0 Å². The van der Waals surface area contributed by atoms with Crippen molar-refractivity contribution in [3.05, 3.63) is 0 Å². The topological polar surface area (TPSA) is 52.5 Å². The van der Waals surface area contributed by atoms with Crippen LogP contribution in [0.15, 0.2) is 0 Å². The third-order valence-electron chi connectivity index (χ3n) is 3.32. The third kappa shape index (κ3) is 1.26. The van der Waals surface area contributed by atoms with Crippen LogP contribution in [0.1, 0.15) is 39.0 Å². The summed E-state index contributed by atoms with van der Waals surface area (Å²) >= 11 is 0. The summed E-state index contributed by atoms with van der Waals surface area (Å²) in [5.41, 5.74) is -0.370. The Morgan fingerprint density at radius 3 is 2.17 bits per heavy atom. The summed E-state index contributed by atoms with van der Waals surface area (Å²) < 4.78 is 0. The summed E-state index contributed by atoms with van der Waals surface area (Å²) in [6.07, 6.45) is 4.18. The normalized spacial score (nSPS) is 48.2. The van der Waals surface area contributed by atoms with E-state index in [-0.39, 0.29) is 5.54 Å². The summed E-state index contributed by atoms with van der Waals surface area (Å²) in [5.74, 6) is 0. The van der Waals surface area contributed by atoms with Crippen LogP contribution in [0.4, 0.5) is 0 Å². The Balaban J connectivity index is 2.05. The SMILES string of the molecule is CC(O)NC12CCC(O)(CC1)C2. The number of aliphatic hydroxyl groups is 2. The minimum Gasteiger partial charge on any atom is -0.390 e. The lowest BCUT2D eigenvalue weighted by atomic mass is 9.93. The Kier molecular flexibility index (Phi) is 1.72. The fourth-order valence-corrected chi connectivity index (χ4v) is 2.82. The molecule has 0 aromatic rings. The van der Waals surface area contributed by atoms with Gasteiger partial charge in [0, 0.05) is 5.54 Å². The van der Waals surface area contributed by atoms with Crippen molar-refractivity contribution < 1.29 is 10.2 Å². The number of hydrogen-bond donors (Lipinski definition) is 3. The third-order valence-corrected chi connectivity index (χ3v) is 3.32. The molecule has 2 bridgehead atoms. The summed E-state index contributed by atoms with van der Waals surface area (Å²) in [7, 11) is 0. The lowest BCUT2D eigenvalue weighted by Gasteiger charge is -2.29. The maximum absolute atomic E-state index is 9.90. The van der Waals surface area contributed by atoms with Gasteiger partial charge in [-0.25, -0.2) is 0 Å². The second kappa shape index (κ2) is 2.44. The van der Waals surface area contributed by atoms with Crippen molar-refractivity contribution in [1.82, 2.24) is 5.32 Å². The Morgan fingerprint density at radius 2 is 1.83 bits per heavy atom. The first-order valence-corrected chi connectivity index (χ1v) is 4.72. The van der Waals surface area contributed by atoms with Crippen LogP contribution < -0.4 is 5.32 Å². The lowest BCUT2D eigenvalue weighted by Crippen LogP contribution is -2.46. The molecule has 0 aliphatic heterocycles. The van der Waals surface area contributed by atoms with Gasteiger partial charge in [-0.2, -0.15) is 0 Å². The molecule has 1 atom stereocenters. The molecule has 2 aliphatic rings. The van der Waals surface area contributed by atoms with Crippen LogP contribution >= 0.6 is 0 Å². The molecule has 3 nitrogen and oxygen atoms in total. The molecule has 0 spiro atoms. The molecule has 0 aromatic heterocycles. The quantitative estimate of drug-likeness (QED) is 0.526. The fraction of sp³-hybridized carbons (Fsp3) is 1.00. The summed E-state index contributed by atoms with van der Waals surface area (Å²) in [5, 5.41) is 22.3. The lowest BCUT2D eigenvalue weighted by molar-refractivity contribution is 0.0521. The van der Waals surface area contributed by atoms with Gasteiger partial charge in [0.15, 0.2) is 0 Å². The van der Waals surface area contributed by atoms with Crippen LogP contribution in [0.5, 0.6) is 0 Å². The van der Waals surface area contributed by atoms with Gasteiger partial charge in [-0.05, 0) is 39.0 Å². The van der Waals surface area contributed by atoms with Crippen molar-refractivity contribution in [3.8, 4) is 0 Å². The van der Waals surface area contributed by atoms with Crippen molar-refractivity contribution in [3.63, 3.8) is 0 Å². The summed E-state index contributed by atoms with van der Waals surface area (Å²) in [6, 6.07) is 0. The molecule has 3 N–H and O–H groups in total. The average Bonchev–Trinajstić information content (AvgIpc) is 2.39. The van der Waals surface area contributed by atoms with E-state index < -0.39 is 11.8 Å². The van der Waals surface area contributed by atoms with Crippen LogP contribution in [0.2, 0.25) is 0 Å². The Labute approximate surface area is 72.8 Å². The monoisotopic (exact) mass is 171 g/mol. The molecule has 0 radical (unpaired) electrons. The maximum Gasteiger partial charge on any atom is 0.102 e. The smallest absolute Gasteiger partial charge is 0.102 e. The highest BCUT2D eigenvalue weighted by atomic mass is 16.3. The van der Waals surface area contributed by atoms with E-state index in [0.29, 0.717) is 0 Å². The van der Waals surface area contributed by atoms with Crippen LogP contribution in [-0.2, 0) is 0 Å². The molecule has 0 saturated heterocycles. The highest BCUT2D eigenvalue weighted by molar-refractivity contribution is 5.10. The molecular weight excluding hydrogens is 154 g/mol. The van der Waals surface area contributed by atoms with Crippen LogP contribution in [0.3, 0.4) is 0 Å². The molecule has 0 heterocycles. The predicted molar refractivity (Wildman–Crippen MR) is 45.6 cm³/mol. The van der Waals surface area contributed by atoms with Crippen molar-refractivity contribution >= 4 is 0 Å². The van der Waals surface area contributed by atoms with Gasteiger partial charge in [0.2, 0.25) is 0 Å². The van der Waals surface area contributed by atoms with E-state index in [1.807, 2.05) is 0 Å². The molecule has 2 fully saturated rings. The Bertz CT molecular complexity index is 183. The molecule has 70 valence electrons. The predicted octanol–water partition coefficient (Wildman–Crippen LogP) is 0.362. The molecule has 12 heavy (non-hydrogen) atoms. The van der Waals surface area contributed by atoms with Crippen molar-refractivity contribution in [1.29, 1.82) is 0 Å². The van der Waals surface area contributed by atoms with E-state index in [0.717, 1.165) is 32.1 Å². The second-order valence-electron chi connectivity index (χ2n) is 4.50. The van der Waals surface area contributed by atoms with Crippen LogP contribution in [-0.4, -0.2) is 27.6 Å². The first-order valence-electron chi connectivity index (χ1n) is 4.72. The minimum absolute atomic E-state index is 0.0446. The Hall–Kier alpha value is -0.120. The van der Waals surface area contributed by atoms with Gasteiger partial charge in [-0.1, -0.05) is 0 Å². The van der Waals surface area contributed by atoms with Gasteiger partial charge < -0.3 is 10.2 Å². The summed E-state index contributed by atoms with van der Waals surface area (Å²) in [4.78, 5) is 0. The first-order chi connectivity index (χ1) is 5.54. The molecule has 2 aliphatic carbocycles.